The van der Waals surface area contributed by atoms with E-state index in [4.69, 9.17) is 16.3 Å². The van der Waals surface area contributed by atoms with E-state index in [1.54, 1.807) is 25.5 Å². The summed E-state index contributed by atoms with van der Waals surface area (Å²) in [6.07, 6.45) is 4.82. The molecular weight excluding hydrogens is 362 g/mol. The number of amides is 1. The molecule has 6 heteroatoms. The molecule has 2 aromatic carbocycles. The van der Waals surface area contributed by atoms with Crippen LogP contribution in [0.15, 0.2) is 61.2 Å². The lowest BCUT2D eigenvalue weighted by molar-refractivity contribution is -0.127. The minimum atomic E-state index is -0.640. The summed E-state index contributed by atoms with van der Waals surface area (Å²) < 4.78 is 7.71. The monoisotopic (exact) mass is 383 g/mol. The van der Waals surface area contributed by atoms with Gasteiger partial charge in [0.15, 0.2) is 6.10 Å². The molecule has 1 atom stereocenters. The molecule has 1 amide bonds. The normalized spacial score (nSPS) is 11.8. The number of imidazole rings is 1. The molecule has 3 rings (SSSR count). The number of hydrogen-bond acceptors (Lipinski definition) is 3. The van der Waals surface area contributed by atoms with Crippen LogP contribution in [0.4, 0.5) is 0 Å². The number of halogens is 1. The first-order valence-electron chi connectivity index (χ1n) is 8.75. The van der Waals surface area contributed by atoms with E-state index in [0.717, 1.165) is 23.2 Å². The van der Waals surface area contributed by atoms with E-state index in [9.17, 15) is 4.79 Å². The second-order valence-electron chi connectivity index (χ2n) is 6.47. The molecule has 0 spiro atoms. The maximum atomic E-state index is 12.4. The average Bonchev–Trinajstić information content (AvgIpc) is 3.16. The first-order chi connectivity index (χ1) is 13.0. The molecule has 3 aromatic rings. The first-order valence-corrected chi connectivity index (χ1v) is 9.13. The van der Waals surface area contributed by atoms with Crippen molar-refractivity contribution in [2.45, 2.75) is 33.0 Å². The van der Waals surface area contributed by atoms with Crippen LogP contribution in [0.3, 0.4) is 0 Å². The van der Waals surface area contributed by atoms with E-state index in [1.165, 1.54) is 0 Å². The predicted octanol–water partition coefficient (Wildman–Crippen LogP) is 3.98. The molecule has 0 aliphatic rings. The smallest absolute Gasteiger partial charge is 0.261 e. The van der Waals surface area contributed by atoms with Crippen LogP contribution in [0.1, 0.15) is 23.6 Å². The maximum absolute atomic E-state index is 12.4. The van der Waals surface area contributed by atoms with Crippen LogP contribution < -0.4 is 10.1 Å². The van der Waals surface area contributed by atoms with Crippen molar-refractivity contribution < 1.29 is 9.53 Å². The van der Waals surface area contributed by atoms with Crippen molar-refractivity contribution in [3.05, 3.63) is 82.9 Å². The number of nitrogens with one attached hydrogen (secondary N) is 1. The largest absolute Gasteiger partial charge is 0.479 e. The molecule has 1 unspecified atom stereocenters. The summed E-state index contributed by atoms with van der Waals surface area (Å²) in [5.74, 6) is 0.328. The molecule has 0 fully saturated rings. The lowest BCUT2D eigenvalue weighted by Crippen LogP contribution is -2.36. The predicted molar refractivity (Wildman–Crippen MR) is 106 cm³/mol. The van der Waals surface area contributed by atoms with Crippen LogP contribution in [-0.4, -0.2) is 21.6 Å². The molecule has 1 aromatic heterocycles. The van der Waals surface area contributed by atoms with Crippen molar-refractivity contribution in [2.75, 3.05) is 0 Å². The summed E-state index contributed by atoms with van der Waals surface area (Å²) in [6, 6.07) is 13.6. The fraction of sp³-hybridized carbons (Fsp3) is 0.238. The molecule has 0 saturated heterocycles. The van der Waals surface area contributed by atoms with Gasteiger partial charge in [-0.15, -0.1) is 0 Å². The van der Waals surface area contributed by atoms with Crippen LogP contribution in [0, 0.1) is 6.92 Å². The van der Waals surface area contributed by atoms with Gasteiger partial charge in [0.05, 0.1) is 11.3 Å². The van der Waals surface area contributed by atoms with Crippen molar-refractivity contribution in [2.24, 2.45) is 0 Å². The van der Waals surface area contributed by atoms with Crippen molar-refractivity contribution in [1.82, 2.24) is 14.9 Å². The summed E-state index contributed by atoms with van der Waals surface area (Å²) >= 11 is 6.13. The van der Waals surface area contributed by atoms with Gasteiger partial charge in [-0.25, -0.2) is 4.98 Å². The van der Waals surface area contributed by atoms with Gasteiger partial charge in [-0.3, -0.25) is 4.79 Å². The van der Waals surface area contributed by atoms with Gasteiger partial charge in [-0.2, -0.15) is 0 Å². The van der Waals surface area contributed by atoms with E-state index >= 15 is 0 Å². The van der Waals surface area contributed by atoms with Gasteiger partial charge in [0.25, 0.3) is 5.91 Å². The van der Waals surface area contributed by atoms with Gasteiger partial charge in [-0.1, -0.05) is 41.9 Å². The molecule has 0 aliphatic carbocycles. The molecule has 27 heavy (non-hydrogen) atoms. The minimum Gasteiger partial charge on any atom is -0.479 e. The Labute approximate surface area is 164 Å². The Hall–Kier alpha value is -2.79. The topological polar surface area (TPSA) is 56.1 Å². The van der Waals surface area contributed by atoms with E-state index in [1.807, 2.05) is 42.0 Å². The van der Waals surface area contributed by atoms with Gasteiger partial charge >= 0.3 is 0 Å². The third kappa shape index (κ3) is 5.34. The third-order valence-corrected chi connectivity index (χ3v) is 4.45. The number of aryl methyl sites for hydroxylation is 1. The van der Waals surface area contributed by atoms with Crippen LogP contribution in [0.25, 0.3) is 0 Å². The molecule has 0 radical (unpaired) electrons. The summed E-state index contributed by atoms with van der Waals surface area (Å²) in [6.45, 7) is 4.84. The number of carbonyl (C=O) groups is 1. The second-order valence-corrected chi connectivity index (χ2v) is 6.87. The molecular formula is C21H22ClN3O2. The van der Waals surface area contributed by atoms with E-state index < -0.39 is 6.10 Å². The van der Waals surface area contributed by atoms with Crippen molar-refractivity contribution in [3.8, 4) is 5.75 Å². The number of hydrogen-bond donors (Lipinski definition) is 1. The van der Waals surface area contributed by atoms with Crippen LogP contribution >= 0.6 is 11.6 Å². The zero-order valence-corrected chi connectivity index (χ0v) is 16.1. The van der Waals surface area contributed by atoms with Gasteiger partial charge < -0.3 is 14.6 Å². The van der Waals surface area contributed by atoms with Gasteiger partial charge in [0.1, 0.15) is 5.75 Å². The molecule has 1 N–H and O–H groups in total. The molecule has 1 heterocycles. The van der Waals surface area contributed by atoms with Crippen molar-refractivity contribution in [1.29, 1.82) is 0 Å². The highest BCUT2D eigenvalue weighted by Gasteiger charge is 2.16. The second kappa shape index (κ2) is 8.73. The molecule has 0 aliphatic heterocycles. The fourth-order valence-corrected chi connectivity index (χ4v) is 2.87. The lowest BCUT2D eigenvalue weighted by Gasteiger charge is -2.16. The number of aromatic nitrogens is 2. The van der Waals surface area contributed by atoms with Crippen molar-refractivity contribution in [3.63, 3.8) is 0 Å². The van der Waals surface area contributed by atoms with E-state index in [-0.39, 0.29) is 5.91 Å². The Morgan fingerprint density at radius 3 is 2.85 bits per heavy atom. The summed E-state index contributed by atoms with van der Waals surface area (Å²) in [5, 5.41) is 3.41. The number of nitrogens with zero attached hydrogens (tertiary/aromatic N) is 2. The fourth-order valence-electron chi connectivity index (χ4n) is 2.71. The number of rotatable bonds is 7. The zero-order chi connectivity index (χ0) is 19.2. The molecule has 0 saturated carbocycles. The Balaban J connectivity index is 1.56. The van der Waals surface area contributed by atoms with Crippen LogP contribution in [0.2, 0.25) is 5.02 Å². The molecule has 5 nitrogen and oxygen atoms in total. The highest BCUT2D eigenvalue weighted by molar-refractivity contribution is 6.32. The van der Waals surface area contributed by atoms with Gasteiger partial charge in [0.2, 0.25) is 0 Å². The molecule has 0 bridgehead atoms. The number of carbonyl (C=O) groups excluding carboxylic acids is 1. The highest BCUT2D eigenvalue weighted by atomic mass is 35.5. The van der Waals surface area contributed by atoms with Crippen LogP contribution in [0.5, 0.6) is 5.75 Å². The summed E-state index contributed by atoms with van der Waals surface area (Å²) in [5.41, 5.74) is 3.20. The zero-order valence-electron chi connectivity index (χ0n) is 15.4. The summed E-state index contributed by atoms with van der Waals surface area (Å²) in [4.78, 5) is 16.4. The maximum Gasteiger partial charge on any atom is 0.261 e. The quantitative estimate of drug-likeness (QED) is 0.671. The first kappa shape index (κ1) is 19.0. The minimum absolute atomic E-state index is 0.187. The Kier molecular flexibility index (Phi) is 6.14. The van der Waals surface area contributed by atoms with Gasteiger partial charge in [0, 0.05) is 25.5 Å². The lowest BCUT2D eigenvalue weighted by atomic mass is 10.1. The Bertz CT molecular complexity index is 910. The van der Waals surface area contributed by atoms with Gasteiger partial charge in [-0.05, 0) is 42.7 Å². The summed E-state index contributed by atoms with van der Waals surface area (Å²) in [7, 11) is 0. The molecule has 140 valence electrons. The van der Waals surface area contributed by atoms with Crippen LogP contribution in [-0.2, 0) is 17.9 Å². The SMILES string of the molecule is Cc1ccc(Cl)c(OC(C)C(=O)NCc2cccc(Cn3ccnc3)c2)c1. The third-order valence-electron chi connectivity index (χ3n) is 4.14. The standard InChI is InChI=1S/C21H22ClN3O2/c1-15-6-7-19(22)20(10-15)27-16(2)21(26)24-12-17-4-3-5-18(11-17)13-25-9-8-23-14-25/h3-11,14,16H,12-13H2,1-2H3,(H,24,26). The average molecular weight is 384 g/mol. The Morgan fingerprint density at radius 2 is 2.07 bits per heavy atom. The Morgan fingerprint density at radius 1 is 1.26 bits per heavy atom. The van der Waals surface area contributed by atoms with E-state index in [2.05, 4.69) is 22.4 Å². The van der Waals surface area contributed by atoms with E-state index in [0.29, 0.717) is 17.3 Å². The van der Waals surface area contributed by atoms with Crippen molar-refractivity contribution >= 4 is 17.5 Å². The highest BCUT2D eigenvalue weighted by Crippen LogP contribution is 2.26. The number of ether oxygens (including phenoxy) is 1. The number of benzene rings is 2.